The molecule has 1 N–H and O–H groups in total. The molecule has 0 unspecified atom stereocenters. The van der Waals surface area contributed by atoms with Crippen LogP contribution in [0.5, 0.6) is 0 Å². The fraction of sp³-hybridized carbons (Fsp3) is 0.278. The van der Waals surface area contributed by atoms with E-state index < -0.39 is 0 Å². The molecule has 1 aliphatic carbocycles. The molecule has 2 aromatic heterocycles. The van der Waals surface area contributed by atoms with Gasteiger partial charge in [0.1, 0.15) is 0 Å². The minimum atomic E-state index is -0.0928. The van der Waals surface area contributed by atoms with E-state index >= 15 is 0 Å². The van der Waals surface area contributed by atoms with Crippen LogP contribution < -0.4 is 5.32 Å². The number of aromatic nitrogens is 2. The van der Waals surface area contributed by atoms with Crippen molar-refractivity contribution in [2.24, 2.45) is 0 Å². The van der Waals surface area contributed by atoms with Crippen LogP contribution >= 0.6 is 11.3 Å². The molecule has 0 bridgehead atoms. The first kappa shape index (κ1) is 15.1. The molecule has 6 heteroatoms. The molecular formula is C18H17N3O2S. The van der Waals surface area contributed by atoms with Crippen molar-refractivity contribution < 1.29 is 9.32 Å². The summed E-state index contributed by atoms with van der Waals surface area (Å²) in [5.41, 5.74) is 2.83. The Morgan fingerprint density at radius 3 is 2.96 bits per heavy atom. The Bertz CT molecular complexity index is 880. The Morgan fingerprint density at radius 1 is 1.38 bits per heavy atom. The third-order valence-corrected chi connectivity index (χ3v) is 5.03. The van der Waals surface area contributed by atoms with Gasteiger partial charge >= 0.3 is 0 Å². The molecule has 1 aromatic carbocycles. The van der Waals surface area contributed by atoms with E-state index in [0.717, 1.165) is 35.5 Å². The molecule has 1 amide bonds. The Kier molecular flexibility index (Phi) is 3.90. The number of nitrogens with one attached hydrogen (secondary N) is 1. The molecule has 5 nitrogen and oxygen atoms in total. The van der Waals surface area contributed by atoms with E-state index in [-0.39, 0.29) is 5.91 Å². The summed E-state index contributed by atoms with van der Waals surface area (Å²) in [5, 5.41) is 9.00. The van der Waals surface area contributed by atoms with Gasteiger partial charge in [0.2, 0.25) is 5.89 Å². The van der Waals surface area contributed by atoms with Gasteiger partial charge in [0, 0.05) is 11.6 Å². The average molecular weight is 339 g/mol. The second kappa shape index (κ2) is 6.20. The number of thiophene rings is 1. The largest absolute Gasteiger partial charge is 0.339 e. The third-order valence-electron chi connectivity index (χ3n) is 3.99. The molecule has 1 saturated carbocycles. The van der Waals surface area contributed by atoms with Crippen molar-refractivity contribution in [3.8, 4) is 0 Å². The number of rotatable bonds is 5. The van der Waals surface area contributed by atoms with Crippen molar-refractivity contribution >= 4 is 22.9 Å². The minimum Gasteiger partial charge on any atom is -0.339 e. The lowest BCUT2D eigenvalue weighted by Gasteiger charge is -2.08. The fourth-order valence-corrected chi connectivity index (χ4v) is 3.33. The van der Waals surface area contributed by atoms with Crippen molar-refractivity contribution in [3.63, 3.8) is 0 Å². The van der Waals surface area contributed by atoms with Gasteiger partial charge in [-0.15, -0.1) is 11.3 Å². The lowest BCUT2D eigenvalue weighted by atomic mass is 10.1. The first-order valence-electron chi connectivity index (χ1n) is 7.96. The van der Waals surface area contributed by atoms with Crippen LogP contribution in [0.1, 0.15) is 51.3 Å². The molecule has 2 heterocycles. The van der Waals surface area contributed by atoms with Crippen molar-refractivity contribution in [3.05, 3.63) is 63.4 Å². The molecule has 4 rings (SSSR count). The standard InChI is InChI=1S/C18H17N3O2S/c1-11-8-15(24-10-11)18(22)19-14-5-3-2-4-13(14)9-16-20-17(21-23-16)12-6-7-12/h2-5,8,10,12H,6-7,9H2,1H3,(H,19,22). The lowest BCUT2D eigenvalue weighted by Crippen LogP contribution is -2.12. The third kappa shape index (κ3) is 3.23. The molecular weight excluding hydrogens is 322 g/mol. The molecule has 3 aromatic rings. The van der Waals surface area contributed by atoms with Gasteiger partial charge in [0.15, 0.2) is 5.82 Å². The summed E-state index contributed by atoms with van der Waals surface area (Å²) in [6.07, 6.45) is 2.80. The highest BCUT2D eigenvalue weighted by atomic mass is 32.1. The van der Waals surface area contributed by atoms with Crippen molar-refractivity contribution in [1.29, 1.82) is 0 Å². The number of benzene rings is 1. The molecule has 0 saturated heterocycles. The number of carbonyl (C=O) groups excluding carboxylic acids is 1. The number of carbonyl (C=O) groups is 1. The highest BCUT2D eigenvalue weighted by molar-refractivity contribution is 7.12. The van der Waals surface area contributed by atoms with Gasteiger partial charge in [-0.2, -0.15) is 4.98 Å². The molecule has 1 aliphatic rings. The maximum absolute atomic E-state index is 12.4. The molecule has 0 aliphatic heterocycles. The maximum atomic E-state index is 12.4. The maximum Gasteiger partial charge on any atom is 0.265 e. The van der Waals surface area contributed by atoms with E-state index in [2.05, 4.69) is 15.5 Å². The minimum absolute atomic E-state index is 0.0928. The summed E-state index contributed by atoms with van der Waals surface area (Å²) in [7, 11) is 0. The number of aryl methyl sites for hydroxylation is 1. The fourth-order valence-electron chi connectivity index (χ4n) is 2.54. The Morgan fingerprint density at radius 2 is 2.21 bits per heavy atom. The van der Waals surface area contributed by atoms with E-state index in [1.807, 2.05) is 42.6 Å². The smallest absolute Gasteiger partial charge is 0.265 e. The van der Waals surface area contributed by atoms with Crippen LogP contribution in [0, 0.1) is 6.92 Å². The number of hydrogen-bond donors (Lipinski definition) is 1. The topological polar surface area (TPSA) is 68.0 Å². The van der Waals surface area contributed by atoms with Crippen molar-refractivity contribution in [2.75, 3.05) is 5.32 Å². The molecule has 0 atom stereocenters. The van der Waals surface area contributed by atoms with Crippen molar-refractivity contribution in [2.45, 2.75) is 32.1 Å². The SMILES string of the molecule is Cc1csc(C(=O)Nc2ccccc2Cc2nc(C3CC3)no2)c1. The average Bonchev–Trinajstić information content (AvgIpc) is 3.17. The molecule has 0 spiro atoms. The summed E-state index contributed by atoms with van der Waals surface area (Å²) in [6, 6.07) is 9.60. The van der Waals surface area contributed by atoms with Crippen LogP contribution in [-0.2, 0) is 6.42 Å². The Hall–Kier alpha value is -2.47. The number of anilines is 1. The summed E-state index contributed by atoms with van der Waals surface area (Å²) in [4.78, 5) is 17.5. The van der Waals surface area contributed by atoms with E-state index in [9.17, 15) is 4.79 Å². The van der Waals surface area contributed by atoms with Crippen LogP contribution in [0.4, 0.5) is 5.69 Å². The van der Waals surface area contributed by atoms with E-state index in [0.29, 0.717) is 23.1 Å². The zero-order valence-electron chi connectivity index (χ0n) is 13.3. The number of hydrogen-bond acceptors (Lipinski definition) is 5. The zero-order chi connectivity index (χ0) is 16.5. The predicted molar refractivity (Wildman–Crippen MR) is 92.5 cm³/mol. The monoisotopic (exact) mass is 339 g/mol. The molecule has 0 radical (unpaired) electrons. The Balaban J connectivity index is 1.52. The first-order valence-corrected chi connectivity index (χ1v) is 8.84. The predicted octanol–water partition coefficient (Wildman–Crippen LogP) is 4.16. The Labute approximate surface area is 143 Å². The van der Waals surface area contributed by atoms with Gasteiger partial charge in [0.05, 0.1) is 11.3 Å². The number of amides is 1. The summed E-state index contributed by atoms with van der Waals surface area (Å²) in [6.45, 7) is 1.98. The van der Waals surface area contributed by atoms with Crippen LogP contribution in [0.25, 0.3) is 0 Å². The van der Waals surface area contributed by atoms with Gasteiger partial charge in [-0.1, -0.05) is 23.4 Å². The molecule has 24 heavy (non-hydrogen) atoms. The van der Waals surface area contributed by atoms with Gasteiger partial charge in [-0.05, 0) is 48.4 Å². The van der Waals surface area contributed by atoms with Crippen LogP contribution in [-0.4, -0.2) is 16.0 Å². The van der Waals surface area contributed by atoms with Gasteiger partial charge < -0.3 is 9.84 Å². The van der Waals surface area contributed by atoms with Crippen molar-refractivity contribution in [1.82, 2.24) is 10.1 Å². The molecule has 122 valence electrons. The highest BCUT2D eigenvalue weighted by Gasteiger charge is 2.28. The van der Waals surface area contributed by atoms with Gasteiger partial charge in [-0.3, -0.25) is 4.79 Å². The van der Waals surface area contributed by atoms with Crippen LogP contribution in [0.2, 0.25) is 0 Å². The second-order valence-electron chi connectivity index (χ2n) is 6.10. The summed E-state index contributed by atoms with van der Waals surface area (Å²) < 4.78 is 5.35. The number of nitrogens with zero attached hydrogens (tertiary/aromatic N) is 2. The first-order chi connectivity index (χ1) is 11.7. The lowest BCUT2D eigenvalue weighted by molar-refractivity contribution is 0.103. The summed E-state index contributed by atoms with van der Waals surface area (Å²) in [5.74, 6) is 1.77. The second-order valence-corrected chi connectivity index (χ2v) is 7.01. The van der Waals surface area contributed by atoms with Gasteiger partial charge in [-0.25, -0.2) is 0 Å². The number of para-hydroxylation sites is 1. The highest BCUT2D eigenvalue weighted by Crippen LogP contribution is 2.38. The van der Waals surface area contributed by atoms with E-state index in [1.54, 1.807) is 0 Å². The van der Waals surface area contributed by atoms with Gasteiger partial charge in [0.25, 0.3) is 5.91 Å². The normalized spacial score (nSPS) is 13.9. The quantitative estimate of drug-likeness (QED) is 0.758. The zero-order valence-corrected chi connectivity index (χ0v) is 14.1. The van der Waals surface area contributed by atoms with E-state index in [1.165, 1.54) is 11.3 Å². The van der Waals surface area contributed by atoms with Crippen LogP contribution in [0.15, 0.2) is 40.2 Å². The van der Waals surface area contributed by atoms with Crippen LogP contribution in [0.3, 0.4) is 0 Å². The molecule has 1 fully saturated rings. The van der Waals surface area contributed by atoms with E-state index in [4.69, 9.17) is 4.52 Å². The summed E-state index contributed by atoms with van der Waals surface area (Å²) >= 11 is 1.45.